The van der Waals surface area contributed by atoms with Gasteiger partial charge in [0.25, 0.3) is 0 Å². The molecule has 1 rings (SSSR count). The molecule has 0 saturated carbocycles. The van der Waals surface area contributed by atoms with E-state index >= 15 is 0 Å². The summed E-state index contributed by atoms with van der Waals surface area (Å²) >= 11 is 0. The molecule has 0 bridgehead atoms. The summed E-state index contributed by atoms with van der Waals surface area (Å²) in [6.45, 7) is 5.00. The van der Waals surface area contributed by atoms with Crippen LogP contribution in [0.25, 0.3) is 0 Å². The zero-order valence-corrected chi connectivity index (χ0v) is 12.0. The van der Waals surface area contributed by atoms with Crippen LogP contribution in [0.3, 0.4) is 0 Å². The van der Waals surface area contributed by atoms with Crippen molar-refractivity contribution in [2.45, 2.75) is 33.4 Å². The Labute approximate surface area is 121 Å². The first-order chi connectivity index (χ1) is 9.61. The second-order valence-electron chi connectivity index (χ2n) is 5.71. The van der Waals surface area contributed by atoms with Crippen LogP contribution in [0.4, 0.5) is 13.6 Å². The maximum atomic E-state index is 13.0. The monoisotopic (exact) mass is 300 g/mol. The lowest BCUT2D eigenvalue weighted by molar-refractivity contribution is -0.141. The minimum absolute atomic E-state index is 0.0421. The van der Waals surface area contributed by atoms with Crippen molar-refractivity contribution in [3.8, 4) is 0 Å². The van der Waals surface area contributed by atoms with Gasteiger partial charge in [0.15, 0.2) is 11.6 Å². The number of hydrogen-bond donors (Lipinski definition) is 3. The summed E-state index contributed by atoms with van der Waals surface area (Å²) in [7, 11) is 0. The van der Waals surface area contributed by atoms with E-state index in [1.54, 1.807) is 20.8 Å². The van der Waals surface area contributed by atoms with Gasteiger partial charge in [0.1, 0.15) is 6.04 Å². The van der Waals surface area contributed by atoms with Gasteiger partial charge < -0.3 is 15.7 Å². The van der Waals surface area contributed by atoms with Crippen LogP contribution in [0.15, 0.2) is 18.2 Å². The average Bonchev–Trinajstić information content (AvgIpc) is 2.35. The van der Waals surface area contributed by atoms with Crippen LogP contribution in [-0.2, 0) is 11.3 Å². The number of carboxylic acids is 1. The Hall–Kier alpha value is -2.18. The van der Waals surface area contributed by atoms with Gasteiger partial charge in [0.05, 0.1) is 0 Å². The second-order valence-corrected chi connectivity index (χ2v) is 5.71. The van der Waals surface area contributed by atoms with Crippen LogP contribution in [0.1, 0.15) is 26.3 Å². The number of amides is 2. The first-order valence-electron chi connectivity index (χ1n) is 6.32. The van der Waals surface area contributed by atoms with Gasteiger partial charge in [-0.3, -0.25) is 0 Å². The maximum absolute atomic E-state index is 13.0. The first kappa shape index (κ1) is 16.9. The van der Waals surface area contributed by atoms with Gasteiger partial charge in [0.2, 0.25) is 0 Å². The normalized spacial score (nSPS) is 12.6. The van der Waals surface area contributed by atoms with Crippen LogP contribution in [0.5, 0.6) is 0 Å². The summed E-state index contributed by atoms with van der Waals surface area (Å²) in [6.07, 6.45) is 0. The zero-order valence-electron chi connectivity index (χ0n) is 12.0. The van der Waals surface area contributed by atoms with Crippen molar-refractivity contribution >= 4 is 12.0 Å². The molecule has 5 nitrogen and oxygen atoms in total. The Kier molecular flexibility index (Phi) is 5.23. The van der Waals surface area contributed by atoms with Crippen LogP contribution < -0.4 is 10.6 Å². The van der Waals surface area contributed by atoms with Crippen molar-refractivity contribution < 1.29 is 23.5 Å². The fourth-order valence-corrected chi connectivity index (χ4v) is 1.66. The molecule has 0 saturated heterocycles. The molecule has 0 heterocycles. The van der Waals surface area contributed by atoms with E-state index in [4.69, 9.17) is 5.11 Å². The van der Waals surface area contributed by atoms with Gasteiger partial charge in [-0.25, -0.2) is 18.4 Å². The van der Waals surface area contributed by atoms with E-state index in [1.807, 2.05) is 0 Å². The molecule has 0 aliphatic carbocycles. The Morgan fingerprint density at radius 3 is 2.33 bits per heavy atom. The van der Waals surface area contributed by atoms with Crippen molar-refractivity contribution in [1.29, 1.82) is 0 Å². The summed E-state index contributed by atoms with van der Waals surface area (Å²) in [5, 5.41) is 13.8. The highest BCUT2D eigenvalue weighted by Gasteiger charge is 2.32. The molecular formula is C14H18F2N2O3. The van der Waals surface area contributed by atoms with Crippen LogP contribution in [-0.4, -0.2) is 23.1 Å². The molecule has 0 aromatic heterocycles. The molecule has 0 aliphatic heterocycles. The number of urea groups is 1. The molecule has 2 amide bonds. The van der Waals surface area contributed by atoms with Gasteiger partial charge in [-0.1, -0.05) is 26.8 Å². The molecule has 0 spiro atoms. The van der Waals surface area contributed by atoms with Crippen LogP contribution in [0, 0.1) is 17.0 Å². The second kappa shape index (κ2) is 6.51. The third-order valence-corrected chi connectivity index (χ3v) is 2.83. The number of carbonyl (C=O) groups is 2. The highest BCUT2D eigenvalue weighted by atomic mass is 19.2. The van der Waals surface area contributed by atoms with E-state index in [2.05, 4.69) is 10.6 Å². The molecular weight excluding hydrogens is 282 g/mol. The molecule has 21 heavy (non-hydrogen) atoms. The Balaban J connectivity index is 2.61. The quantitative estimate of drug-likeness (QED) is 0.798. The maximum Gasteiger partial charge on any atom is 0.326 e. The van der Waals surface area contributed by atoms with E-state index in [9.17, 15) is 18.4 Å². The predicted octanol–water partition coefficient (Wildman–Crippen LogP) is 2.26. The Morgan fingerprint density at radius 1 is 1.24 bits per heavy atom. The molecule has 1 aromatic carbocycles. The fraction of sp³-hybridized carbons (Fsp3) is 0.429. The van der Waals surface area contributed by atoms with Crippen LogP contribution in [0.2, 0.25) is 0 Å². The lowest BCUT2D eigenvalue weighted by Gasteiger charge is -2.27. The number of aliphatic carboxylic acids is 1. The molecule has 7 heteroatoms. The predicted molar refractivity (Wildman–Crippen MR) is 72.6 cm³/mol. The number of halogens is 2. The van der Waals surface area contributed by atoms with Crippen molar-refractivity contribution in [2.24, 2.45) is 5.41 Å². The molecule has 1 aromatic rings. The van der Waals surface area contributed by atoms with Crippen molar-refractivity contribution in [3.05, 3.63) is 35.4 Å². The fourth-order valence-electron chi connectivity index (χ4n) is 1.66. The summed E-state index contributed by atoms with van der Waals surface area (Å²) in [5.74, 6) is -3.12. The van der Waals surface area contributed by atoms with Gasteiger partial charge >= 0.3 is 12.0 Å². The van der Waals surface area contributed by atoms with Crippen molar-refractivity contribution in [1.82, 2.24) is 10.6 Å². The smallest absolute Gasteiger partial charge is 0.326 e. The zero-order chi connectivity index (χ0) is 16.2. The van der Waals surface area contributed by atoms with Gasteiger partial charge in [-0.15, -0.1) is 0 Å². The minimum Gasteiger partial charge on any atom is -0.480 e. The SMILES string of the molecule is CC(C)(C)[C@@H](NC(=O)NCc1ccc(F)c(F)c1)C(=O)O. The van der Waals surface area contributed by atoms with Crippen molar-refractivity contribution in [3.63, 3.8) is 0 Å². The Morgan fingerprint density at radius 2 is 1.86 bits per heavy atom. The van der Waals surface area contributed by atoms with Crippen molar-refractivity contribution in [2.75, 3.05) is 0 Å². The highest BCUT2D eigenvalue weighted by Crippen LogP contribution is 2.19. The topological polar surface area (TPSA) is 78.4 Å². The molecule has 1 atom stereocenters. The van der Waals surface area contributed by atoms with Gasteiger partial charge in [-0.2, -0.15) is 0 Å². The Bertz CT molecular complexity index is 542. The van der Waals surface area contributed by atoms with E-state index in [0.29, 0.717) is 5.56 Å². The van der Waals surface area contributed by atoms with Gasteiger partial charge in [-0.05, 0) is 23.1 Å². The summed E-state index contributed by atoms with van der Waals surface area (Å²) < 4.78 is 25.7. The summed E-state index contributed by atoms with van der Waals surface area (Å²) in [4.78, 5) is 22.8. The highest BCUT2D eigenvalue weighted by molar-refractivity contribution is 5.83. The summed E-state index contributed by atoms with van der Waals surface area (Å²) in [5.41, 5.74) is -0.294. The summed E-state index contributed by atoms with van der Waals surface area (Å²) in [6, 6.07) is 1.49. The number of benzene rings is 1. The number of hydrogen-bond acceptors (Lipinski definition) is 2. The van der Waals surface area contributed by atoms with Crippen LogP contribution >= 0.6 is 0 Å². The number of carbonyl (C=O) groups excluding carboxylic acids is 1. The number of carboxylic acid groups (broad SMARTS) is 1. The molecule has 116 valence electrons. The third-order valence-electron chi connectivity index (χ3n) is 2.83. The van der Waals surface area contributed by atoms with E-state index in [1.165, 1.54) is 6.07 Å². The molecule has 0 radical (unpaired) electrons. The largest absolute Gasteiger partial charge is 0.480 e. The minimum atomic E-state index is -1.15. The molecule has 0 fully saturated rings. The first-order valence-corrected chi connectivity index (χ1v) is 6.32. The van der Waals surface area contributed by atoms with E-state index in [-0.39, 0.29) is 6.54 Å². The van der Waals surface area contributed by atoms with Gasteiger partial charge in [0, 0.05) is 6.54 Å². The number of rotatable bonds is 4. The average molecular weight is 300 g/mol. The molecule has 0 aliphatic rings. The van der Waals surface area contributed by atoms with E-state index < -0.39 is 35.1 Å². The van der Waals surface area contributed by atoms with E-state index in [0.717, 1.165) is 12.1 Å². The third kappa shape index (κ3) is 5.02. The number of nitrogens with one attached hydrogen (secondary N) is 2. The molecule has 3 N–H and O–H groups in total. The standard InChI is InChI=1S/C14H18F2N2O3/c1-14(2,3)11(12(19)20)18-13(21)17-7-8-4-5-9(15)10(16)6-8/h4-6,11H,7H2,1-3H3,(H,19,20)(H2,17,18,21)/t11-/m0/s1. The molecule has 0 unspecified atom stereocenters. The lowest BCUT2D eigenvalue weighted by atomic mass is 9.87. The lowest BCUT2D eigenvalue weighted by Crippen LogP contribution is -2.52.